The molecule has 1 amide bonds. The van der Waals surface area contributed by atoms with Gasteiger partial charge in [-0.1, -0.05) is 6.92 Å². The molecule has 0 unspecified atom stereocenters. The number of amides is 1. The second-order valence-electron chi connectivity index (χ2n) is 8.26. The number of nitrogens with zero attached hydrogens (tertiary/aromatic N) is 4. The SMILES string of the molecule is CC1(c2cc(NC(=O)n3ccc4cc(Oc5ncnc6c5CSC6)ccc43)n[nH]2)CC1. The minimum Gasteiger partial charge on any atom is -0.439 e. The van der Waals surface area contributed by atoms with Crippen LogP contribution >= 0.6 is 11.8 Å². The Morgan fingerprint density at radius 2 is 2.13 bits per heavy atom. The van der Waals surface area contributed by atoms with Crippen molar-refractivity contribution in [2.75, 3.05) is 5.32 Å². The van der Waals surface area contributed by atoms with Crippen molar-refractivity contribution < 1.29 is 9.53 Å². The van der Waals surface area contributed by atoms with E-state index in [1.807, 2.05) is 30.3 Å². The van der Waals surface area contributed by atoms with Crippen LogP contribution in [-0.2, 0) is 16.9 Å². The van der Waals surface area contributed by atoms with Crippen LogP contribution in [-0.4, -0.2) is 30.8 Å². The molecule has 2 aliphatic rings. The lowest BCUT2D eigenvalue weighted by molar-refractivity contribution is 0.254. The average molecular weight is 433 g/mol. The zero-order valence-electron chi connectivity index (χ0n) is 16.9. The molecule has 1 aromatic carbocycles. The summed E-state index contributed by atoms with van der Waals surface area (Å²) < 4.78 is 7.62. The van der Waals surface area contributed by atoms with Crippen LogP contribution in [0.25, 0.3) is 10.9 Å². The number of thioether (sulfide) groups is 1. The highest BCUT2D eigenvalue weighted by atomic mass is 32.2. The summed E-state index contributed by atoms with van der Waals surface area (Å²) in [7, 11) is 0. The molecule has 8 nitrogen and oxygen atoms in total. The molecule has 156 valence electrons. The third-order valence-electron chi connectivity index (χ3n) is 6.04. The molecule has 6 rings (SSSR count). The first-order chi connectivity index (χ1) is 15.1. The van der Waals surface area contributed by atoms with Gasteiger partial charge >= 0.3 is 6.03 Å². The molecular formula is C22H20N6O2S. The number of rotatable bonds is 4. The summed E-state index contributed by atoms with van der Waals surface area (Å²) >= 11 is 1.81. The van der Waals surface area contributed by atoms with Gasteiger partial charge in [0.25, 0.3) is 0 Å². The molecule has 0 atom stereocenters. The molecule has 0 radical (unpaired) electrons. The van der Waals surface area contributed by atoms with Gasteiger partial charge in [-0.05, 0) is 37.1 Å². The van der Waals surface area contributed by atoms with E-state index in [0.717, 1.165) is 52.2 Å². The van der Waals surface area contributed by atoms with Crippen molar-refractivity contribution in [1.29, 1.82) is 0 Å². The fourth-order valence-corrected chi connectivity index (χ4v) is 4.87. The second-order valence-corrected chi connectivity index (χ2v) is 9.25. The molecule has 0 bridgehead atoms. The van der Waals surface area contributed by atoms with E-state index >= 15 is 0 Å². The third-order valence-corrected chi connectivity index (χ3v) is 7.01. The van der Waals surface area contributed by atoms with E-state index in [0.29, 0.717) is 17.4 Å². The molecular weight excluding hydrogens is 412 g/mol. The highest BCUT2D eigenvalue weighted by Crippen LogP contribution is 2.47. The van der Waals surface area contributed by atoms with Gasteiger partial charge in [0, 0.05) is 45.8 Å². The monoisotopic (exact) mass is 432 g/mol. The van der Waals surface area contributed by atoms with Gasteiger partial charge in [0.2, 0.25) is 5.88 Å². The Morgan fingerprint density at radius 1 is 1.23 bits per heavy atom. The zero-order chi connectivity index (χ0) is 21.0. The number of nitrogens with one attached hydrogen (secondary N) is 2. The van der Waals surface area contributed by atoms with Gasteiger partial charge in [-0.2, -0.15) is 16.9 Å². The topological polar surface area (TPSA) is 97.7 Å². The molecule has 1 saturated carbocycles. The number of carbonyl (C=O) groups excluding carboxylic acids is 1. The lowest BCUT2D eigenvalue weighted by atomic mass is 10.1. The lowest BCUT2D eigenvalue weighted by Gasteiger charge is -2.09. The Bertz CT molecular complexity index is 1320. The number of aromatic amines is 1. The predicted molar refractivity (Wildman–Crippen MR) is 119 cm³/mol. The lowest BCUT2D eigenvalue weighted by Crippen LogP contribution is -2.18. The number of ether oxygens (including phenoxy) is 1. The first-order valence-corrected chi connectivity index (χ1v) is 11.3. The van der Waals surface area contributed by atoms with Crippen molar-refractivity contribution in [1.82, 2.24) is 24.7 Å². The van der Waals surface area contributed by atoms with Crippen molar-refractivity contribution in [2.45, 2.75) is 36.7 Å². The van der Waals surface area contributed by atoms with Crippen LogP contribution in [0.15, 0.2) is 42.9 Å². The number of aromatic nitrogens is 5. The van der Waals surface area contributed by atoms with Crippen LogP contribution in [0.3, 0.4) is 0 Å². The number of benzene rings is 1. The maximum atomic E-state index is 12.8. The maximum absolute atomic E-state index is 12.8. The Labute approximate surface area is 182 Å². The summed E-state index contributed by atoms with van der Waals surface area (Å²) in [5.74, 6) is 3.56. The molecule has 1 fully saturated rings. The smallest absolute Gasteiger partial charge is 0.331 e. The van der Waals surface area contributed by atoms with Crippen molar-refractivity contribution in [2.24, 2.45) is 0 Å². The van der Waals surface area contributed by atoms with Gasteiger partial charge in [-0.25, -0.2) is 14.8 Å². The van der Waals surface area contributed by atoms with Crippen molar-refractivity contribution >= 4 is 34.5 Å². The number of fused-ring (bicyclic) bond motifs is 2. The molecule has 9 heteroatoms. The summed E-state index contributed by atoms with van der Waals surface area (Å²) in [6, 6.07) is 9.19. The summed E-state index contributed by atoms with van der Waals surface area (Å²) in [5.41, 5.74) is 4.13. The van der Waals surface area contributed by atoms with Gasteiger partial charge in [-0.15, -0.1) is 0 Å². The van der Waals surface area contributed by atoms with Gasteiger partial charge in [0.15, 0.2) is 5.82 Å². The number of H-pyrrole nitrogens is 1. The number of carbonyl (C=O) groups is 1. The summed E-state index contributed by atoms with van der Waals surface area (Å²) in [4.78, 5) is 21.4. The minimum atomic E-state index is -0.256. The Morgan fingerprint density at radius 3 is 3.00 bits per heavy atom. The first kappa shape index (κ1) is 18.4. The Balaban J connectivity index is 1.23. The quantitative estimate of drug-likeness (QED) is 0.480. The van der Waals surface area contributed by atoms with Crippen molar-refractivity contribution in [3.8, 4) is 11.6 Å². The van der Waals surface area contributed by atoms with E-state index in [1.165, 1.54) is 0 Å². The minimum absolute atomic E-state index is 0.176. The van der Waals surface area contributed by atoms with E-state index in [1.54, 1.807) is 28.9 Å². The Kier molecular flexibility index (Phi) is 4.07. The molecule has 4 heterocycles. The fourth-order valence-electron chi connectivity index (χ4n) is 3.83. The van der Waals surface area contributed by atoms with Crippen LogP contribution in [0.2, 0.25) is 0 Å². The van der Waals surface area contributed by atoms with Crippen molar-refractivity contribution in [3.05, 3.63) is 59.8 Å². The Hall–Kier alpha value is -3.33. The van der Waals surface area contributed by atoms with E-state index in [4.69, 9.17) is 4.74 Å². The van der Waals surface area contributed by atoms with Crippen LogP contribution in [0.5, 0.6) is 11.6 Å². The van der Waals surface area contributed by atoms with Crippen LogP contribution in [0.4, 0.5) is 10.6 Å². The highest BCUT2D eigenvalue weighted by Gasteiger charge is 2.40. The maximum Gasteiger partial charge on any atom is 0.331 e. The summed E-state index contributed by atoms with van der Waals surface area (Å²) in [6.45, 7) is 2.19. The summed E-state index contributed by atoms with van der Waals surface area (Å²) in [6.07, 6.45) is 5.58. The molecule has 1 aliphatic heterocycles. The molecule has 0 spiro atoms. The van der Waals surface area contributed by atoms with Gasteiger partial charge in [0.1, 0.15) is 12.1 Å². The second kappa shape index (κ2) is 6.84. The zero-order valence-corrected chi connectivity index (χ0v) is 17.7. The molecule has 0 saturated heterocycles. The van der Waals surface area contributed by atoms with Gasteiger partial charge in [-0.3, -0.25) is 15.0 Å². The molecule has 31 heavy (non-hydrogen) atoms. The number of hydrogen-bond donors (Lipinski definition) is 2. The normalized spacial score (nSPS) is 16.3. The molecule has 3 aromatic heterocycles. The van der Waals surface area contributed by atoms with Crippen LogP contribution < -0.4 is 10.1 Å². The predicted octanol–water partition coefficient (Wildman–Crippen LogP) is 4.83. The van der Waals surface area contributed by atoms with Gasteiger partial charge < -0.3 is 4.74 Å². The third kappa shape index (κ3) is 3.25. The van der Waals surface area contributed by atoms with Crippen molar-refractivity contribution in [3.63, 3.8) is 0 Å². The van der Waals surface area contributed by atoms with E-state index < -0.39 is 0 Å². The molecule has 1 aliphatic carbocycles. The summed E-state index contributed by atoms with van der Waals surface area (Å²) in [5, 5.41) is 11.1. The number of anilines is 1. The van der Waals surface area contributed by atoms with Gasteiger partial charge in [0.05, 0.1) is 11.2 Å². The molecule has 2 N–H and O–H groups in total. The number of hydrogen-bond acceptors (Lipinski definition) is 6. The average Bonchev–Trinajstić information content (AvgIpc) is 3.18. The van der Waals surface area contributed by atoms with E-state index in [9.17, 15) is 4.79 Å². The van der Waals surface area contributed by atoms with E-state index in [-0.39, 0.29) is 11.4 Å². The standard InChI is InChI=1S/C22H20N6O2S/c1-22(5-6-22)18-9-19(27-26-18)25-21(29)28-7-4-13-8-14(2-3-17(13)28)30-20-15-10-31-11-16(15)23-12-24-20/h2-4,7-9,12H,5-6,10-11H2,1H3,(H2,25,26,27,29). The van der Waals surface area contributed by atoms with Crippen LogP contribution in [0, 0.1) is 0 Å². The largest absolute Gasteiger partial charge is 0.439 e. The first-order valence-electron chi connectivity index (χ1n) is 10.2. The highest BCUT2D eigenvalue weighted by molar-refractivity contribution is 7.98. The van der Waals surface area contributed by atoms with Crippen LogP contribution in [0.1, 0.15) is 36.7 Å². The molecule has 4 aromatic rings. The fraction of sp³-hybridized carbons (Fsp3) is 0.273. The van der Waals surface area contributed by atoms with E-state index in [2.05, 4.69) is 32.4 Å².